The molecule has 0 aliphatic carbocycles. The van der Waals surface area contributed by atoms with Crippen molar-refractivity contribution < 1.29 is 22.7 Å². The Labute approximate surface area is 174 Å². The fourth-order valence-corrected chi connectivity index (χ4v) is 5.16. The molecule has 0 radical (unpaired) electrons. The summed E-state index contributed by atoms with van der Waals surface area (Å²) in [5.74, 6) is -1.18. The van der Waals surface area contributed by atoms with Crippen LogP contribution >= 0.6 is 0 Å². The predicted molar refractivity (Wildman–Crippen MR) is 113 cm³/mol. The zero-order valence-corrected chi connectivity index (χ0v) is 16.9. The van der Waals surface area contributed by atoms with E-state index in [1.807, 2.05) is 42.5 Å². The van der Waals surface area contributed by atoms with Gasteiger partial charge in [-0.05, 0) is 18.6 Å². The number of benzene rings is 2. The zero-order chi connectivity index (χ0) is 21.1. The van der Waals surface area contributed by atoms with Gasteiger partial charge in [-0.1, -0.05) is 48.5 Å². The fourth-order valence-electron chi connectivity index (χ4n) is 3.49. The summed E-state index contributed by atoms with van der Waals surface area (Å²) < 4.78 is 28.2. The number of carbonyl (C=O) groups is 2. The number of ether oxygens (including phenoxy) is 1. The van der Waals surface area contributed by atoms with Crippen LogP contribution in [0.5, 0.6) is 0 Å². The van der Waals surface area contributed by atoms with Gasteiger partial charge in [0.05, 0.1) is 28.3 Å². The number of nitrogens with one attached hydrogen (secondary N) is 1. The maximum atomic E-state index is 12.8. The minimum Gasteiger partial charge on any atom is -0.452 e. The first kappa shape index (κ1) is 20.0. The lowest BCUT2D eigenvalue weighted by molar-refractivity contribution is -0.124. The van der Waals surface area contributed by atoms with Crippen molar-refractivity contribution >= 4 is 32.6 Å². The van der Waals surface area contributed by atoms with Gasteiger partial charge in [-0.2, -0.15) is 0 Å². The van der Waals surface area contributed by atoms with Crippen LogP contribution in [0.2, 0.25) is 0 Å². The molecule has 0 saturated carbocycles. The summed E-state index contributed by atoms with van der Waals surface area (Å²) >= 11 is 0. The quantitative estimate of drug-likeness (QED) is 0.631. The highest BCUT2D eigenvalue weighted by Gasteiger charge is 2.29. The van der Waals surface area contributed by atoms with E-state index in [4.69, 9.17) is 4.74 Å². The average molecular weight is 424 g/mol. The number of fused-ring (bicyclic) bond motifs is 1. The van der Waals surface area contributed by atoms with Crippen molar-refractivity contribution in [2.75, 3.05) is 18.1 Å². The van der Waals surface area contributed by atoms with Crippen molar-refractivity contribution in [3.63, 3.8) is 0 Å². The van der Waals surface area contributed by atoms with Crippen LogP contribution in [0.25, 0.3) is 22.2 Å². The SMILES string of the molecule is O=C(COC(=O)c1cc(-c2ccccc2)nc2ccccc12)N[C@H]1CCS(=O)(=O)C1. The van der Waals surface area contributed by atoms with Gasteiger partial charge < -0.3 is 10.1 Å². The Balaban J connectivity index is 1.52. The van der Waals surface area contributed by atoms with E-state index in [2.05, 4.69) is 10.3 Å². The zero-order valence-electron chi connectivity index (χ0n) is 16.1. The van der Waals surface area contributed by atoms with Crippen LogP contribution in [0.3, 0.4) is 0 Å². The van der Waals surface area contributed by atoms with Crippen molar-refractivity contribution in [1.82, 2.24) is 10.3 Å². The van der Waals surface area contributed by atoms with Gasteiger partial charge >= 0.3 is 5.97 Å². The van der Waals surface area contributed by atoms with Gasteiger partial charge in [0, 0.05) is 17.0 Å². The van der Waals surface area contributed by atoms with Crippen molar-refractivity contribution in [2.24, 2.45) is 0 Å². The summed E-state index contributed by atoms with van der Waals surface area (Å²) in [5, 5.41) is 3.24. The maximum Gasteiger partial charge on any atom is 0.339 e. The highest BCUT2D eigenvalue weighted by atomic mass is 32.2. The smallest absolute Gasteiger partial charge is 0.339 e. The monoisotopic (exact) mass is 424 g/mol. The summed E-state index contributed by atoms with van der Waals surface area (Å²) in [7, 11) is -3.10. The van der Waals surface area contributed by atoms with Crippen LogP contribution in [-0.2, 0) is 19.4 Å². The van der Waals surface area contributed by atoms with Crippen molar-refractivity contribution in [3.8, 4) is 11.3 Å². The maximum absolute atomic E-state index is 12.8. The Hall–Kier alpha value is -3.26. The molecule has 1 aliphatic heterocycles. The van der Waals surface area contributed by atoms with Gasteiger partial charge in [-0.15, -0.1) is 0 Å². The molecule has 1 amide bonds. The molecule has 1 aliphatic rings. The third kappa shape index (κ3) is 4.49. The molecule has 1 aromatic heterocycles. The Bertz CT molecular complexity index is 1210. The molecule has 2 aromatic carbocycles. The molecular weight excluding hydrogens is 404 g/mol. The molecule has 3 aromatic rings. The fraction of sp³-hybridized carbons (Fsp3) is 0.227. The number of pyridine rings is 1. The van der Waals surface area contributed by atoms with Crippen LogP contribution < -0.4 is 5.32 Å². The van der Waals surface area contributed by atoms with Crippen LogP contribution in [-0.4, -0.2) is 49.4 Å². The first-order chi connectivity index (χ1) is 14.4. The number of hydrogen-bond acceptors (Lipinski definition) is 6. The minimum absolute atomic E-state index is 0.0585. The van der Waals surface area contributed by atoms with E-state index < -0.39 is 34.4 Å². The predicted octanol–water partition coefficient (Wildman–Crippen LogP) is 2.36. The van der Waals surface area contributed by atoms with Gasteiger partial charge in [0.1, 0.15) is 0 Å². The Kier molecular flexibility index (Phi) is 5.50. The topological polar surface area (TPSA) is 102 Å². The normalized spacial score (nSPS) is 17.5. The number of aromatic nitrogens is 1. The van der Waals surface area contributed by atoms with E-state index in [1.165, 1.54) is 0 Å². The summed E-state index contributed by atoms with van der Waals surface area (Å²) in [5.41, 5.74) is 2.45. The number of nitrogens with zero attached hydrogens (tertiary/aromatic N) is 1. The van der Waals surface area contributed by atoms with E-state index in [-0.39, 0.29) is 11.5 Å². The molecule has 154 valence electrons. The Morgan fingerprint density at radius 3 is 2.53 bits per heavy atom. The molecule has 2 heterocycles. The first-order valence-corrected chi connectivity index (χ1v) is 11.4. The Morgan fingerprint density at radius 1 is 1.07 bits per heavy atom. The van der Waals surface area contributed by atoms with E-state index >= 15 is 0 Å². The molecule has 1 fully saturated rings. The van der Waals surface area contributed by atoms with Crippen molar-refractivity contribution in [2.45, 2.75) is 12.5 Å². The summed E-state index contributed by atoms with van der Waals surface area (Å²) in [6, 6.07) is 17.9. The molecule has 1 N–H and O–H groups in total. The number of sulfone groups is 1. The van der Waals surface area contributed by atoms with Gasteiger partial charge in [0.15, 0.2) is 16.4 Å². The number of hydrogen-bond donors (Lipinski definition) is 1. The van der Waals surface area contributed by atoms with Gasteiger partial charge in [-0.25, -0.2) is 18.2 Å². The van der Waals surface area contributed by atoms with Gasteiger partial charge in [0.2, 0.25) is 0 Å². The number of carbonyl (C=O) groups excluding carboxylic acids is 2. The summed E-state index contributed by atoms with van der Waals surface area (Å²) in [4.78, 5) is 29.5. The number of para-hydroxylation sites is 1. The number of esters is 1. The standard InChI is InChI=1S/C22H20N2O5S/c25-21(23-16-10-11-30(27,28)14-16)13-29-22(26)18-12-20(15-6-2-1-3-7-15)24-19-9-5-4-8-17(18)19/h1-9,12,16H,10-11,13-14H2,(H,23,25)/t16-/m0/s1. The van der Waals surface area contributed by atoms with Crippen LogP contribution in [0.1, 0.15) is 16.8 Å². The molecule has 0 bridgehead atoms. The second-order valence-corrected chi connectivity index (χ2v) is 9.41. The third-order valence-corrected chi connectivity index (χ3v) is 6.71. The minimum atomic E-state index is -3.10. The molecule has 0 unspecified atom stereocenters. The van der Waals surface area contributed by atoms with E-state index in [9.17, 15) is 18.0 Å². The van der Waals surface area contributed by atoms with E-state index in [1.54, 1.807) is 18.2 Å². The summed E-state index contributed by atoms with van der Waals surface area (Å²) in [6.45, 7) is -0.479. The molecule has 1 saturated heterocycles. The van der Waals surface area contributed by atoms with Crippen LogP contribution in [0.4, 0.5) is 0 Å². The van der Waals surface area contributed by atoms with Crippen LogP contribution in [0.15, 0.2) is 60.7 Å². The lowest BCUT2D eigenvalue weighted by Gasteiger charge is -2.12. The largest absolute Gasteiger partial charge is 0.452 e. The highest BCUT2D eigenvalue weighted by molar-refractivity contribution is 7.91. The lowest BCUT2D eigenvalue weighted by atomic mass is 10.0. The lowest BCUT2D eigenvalue weighted by Crippen LogP contribution is -2.38. The average Bonchev–Trinajstić information content (AvgIpc) is 3.09. The van der Waals surface area contributed by atoms with Crippen LogP contribution in [0, 0.1) is 0 Å². The number of amides is 1. The molecule has 0 spiro atoms. The van der Waals surface area contributed by atoms with Crippen molar-refractivity contribution in [1.29, 1.82) is 0 Å². The van der Waals surface area contributed by atoms with Crippen molar-refractivity contribution in [3.05, 3.63) is 66.2 Å². The van der Waals surface area contributed by atoms with E-state index in [0.717, 1.165) is 5.56 Å². The van der Waals surface area contributed by atoms with Gasteiger partial charge in [-0.3, -0.25) is 4.79 Å². The first-order valence-electron chi connectivity index (χ1n) is 9.53. The Morgan fingerprint density at radius 2 is 1.80 bits per heavy atom. The molecule has 7 nitrogen and oxygen atoms in total. The molecule has 30 heavy (non-hydrogen) atoms. The third-order valence-electron chi connectivity index (χ3n) is 4.94. The second kappa shape index (κ2) is 8.23. The second-order valence-electron chi connectivity index (χ2n) is 7.18. The molecular formula is C22H20N2O5S. The molecule has 8 heteroatoms. The molecule has 4 rings (SSSR count). The van der Waals surface area contributed by atoms with Gasteiger partial charge in [0.25, 0.3) is 5.91 Å². The van der Waals surface area contributed by atoms with E-state index in [0.29, 0.717) is 28.6 Å². The highest BCUT2D eigenvalue weighted by Crippen LogP contribution is 2.25. The number of rotatable bonds is 5. The summed E-state index contributed by atoms with van der Waals surface area (Å²) in [6.07, 6.45) is 0.372. The molecule has 1 atom stereocenters.